The number of hydrogen-bond acceptors (Lipinski definition) is 3. The minimum absolute atomic E-state index is 0.392. The van der Waals surface area contributed by atoms with Crippen LogP contribution in [0.1, 0.15) is 11.1 Å². The van der Waals surface area contributed by atoms with Crippen LogP contribution in [0.15, 0.2) is 42.5 Å². The second-order valence-electron chi connectivity index (χ2n) is 5.26. The highest BCUT2D eigenvalue weighted by Crippen LogP contribution is 2.27. The molecule has 0 saturated heterocycles. The molecule has 1 amide bonds. The Bertz CT molecular complexity index is 665. The van der Waals surface area contributed by atoms with Crippen LogP contribution >= 0.6 is 0 Å². The van der Waals surface area contributed by atoms with Gasteiger partial charge in [0.05, 0.1) is 0 Å². The van der Waals surface area contributed by atoms with Crippen LogP contribution in [-0.4, -0.2) is 19.7 Å². The predicted molar refractivity (Wildman–Crippen MR) is 84.2 cm³/mol. The van der Waals surface area contributed by atoms with E-state index in [2.05, 4.69) is 5.32 Å². The largest absolute Gasteiger partial charge is 0.419 e. The number of ether oxygens (including phenoxy) is 1. The maximum atomic E-state index is 12.2. The van der Waals surface area contributed by atoms with E-state index >= 15 is 0 Å². The molecule has 0 saturated carbocycles. The van der Waals surface area contributed by atoms with Gasteiger partial charge in [-0.1, -0.05) is 23.8 Å². The Morgan fingerprint density at radius 1 is 1.19 bits per heavy atom. The predicted octanol–water partition coefficient (Wildman–Crippen LogP) is 3.60. The molecule has 0 aliphatic carbocycles. The summed E-state index contributed by atoms with van der Waals surface area (Å²) in [4.78, 5) is 13.7. The Morgan fingerprint density at radius 3 is 2.71 bits per heavy atom. The van der Waals surface area contributed by atoms with Gasteiger partial charge in [-0.25, -0.2) is 4.79 Å². The van der Waals surface area contributed by atoms with Gasteiger partial charge in [0.25, 0.3) is 0 Å². The smallest absolute Gasteiger partial charge is 0.410 e. The maximum absolute atomic E-state index is 12.2. The standard InChI is InChI=1S/C17H18N2O2/c1-12-3-6-14(7-4-12)19(2)17(20)21-15-8-5-13-9-10-18-16(13)11-15/h3-8,11,18H,9-10H2,1-2H3. The Hall–Kier alpha value is -2.49. The van der Waals surface area contributed by atoms with Crippen LogP contribution in [0.3, 0.4) is 0 Å². The first-order valence-electron chi connectivity index (χ1n) is 7.02. The van der Waals surface area contributed by atoms with Crippen LogP contribution in [0.4, 0.5) is 16.2 Å². The molecule has 0 radical (unpaired) electrons. The lowest BCUT2D eigenvalue weighted by atomic mass is 10.1. The van der Waals surface area contributed by atoms with Crippen molar-refractivity contribution in [3.8, 4) is 5.75 Å². The molecule has 0 aromatic heterocycles. The molecule has 0 bridgehead atoms. The van der Waals surface area contributed by atoms with Gasteiger partial charge in [0.1, 0.15) is 5.75 Å². The molecule has 0 spiro atoms. The lowest BCUT2D eigenvalue weighted by Crippen LogP contribution is -2.29. The summed E-state index contributed by atoms with van der Waals surface area (Å²) in [5.74, 6) is 0.562. The molecule has 1 heterocycles. The van der Waals surface area contributed by atoms with Crippen molar-refractivity contribution >= 4 is 17.5 Å². The molecule has 4 heteroatoms. The van der Waals surface area contributed by atoms with Crippen LogP contribution in [-0.2, 0) is 6.42 Å². The van der Waals surface area contributed by atoms with Crippen molar-refractivity contribution in [1.29, 1.82) is 0 Å². The van der Waals surface area contributed by atoms with E-state index in [-0.39, 0.29) is 0 Å². The van der Waals surface area contributed by atoms with Gasteiger partial charge in [-0.05, 0) is 37.1 Å². The Morgan fingerprint density at radius 2 is 1.95 bits per heavy atom. The molecule has 21 heavy (non-hydrogen) atoms. The highest BCUT2D eigenvalue weighted by Gasteiger charge is 2.15. The fraction of sp³-hybridized carbons (Fsp3) is 0.235. The van der Waals surface area contributed by atoms with Crippen LogP contribution < -0.4 is 15.0 Å². The molecule has 0 atom stereocenters. The van der Waals surface area contributed by atoms with Crippen molar-refractivity contribution in [2.75, 3.05) is 23.8 Å². The second kappa shape index (κ2) is 5.48. The van der Waals surface area contributed by atoms with E-state index in [0.29, 0.717) is 5.75 Å². The zero-order valence-electron chi connectivity index (χ0n) is 12.2. The molecule has 1 aliphatic heterocycles. The van der Waals surface area contributed by atoms with Gasteiger partial charge in [0.2, 0.25) is 0 Å². The van der Waals surface area contributed by atoms with Crippen molar-refractivity contribution in [1.82, 2.24) is 0 Å². The molecular formula is C17H18N2O2. The third kappa shape index (κ3) is 2.84. The summed E-state index contributed by atoms with van der Waals surface area (Å²) in [6, 6.07) is 13.5. The van der Waals surface area contributed by atoms with Gasteiger partial charge in [-0.3, -0.25) is 4.90 Å². The first-order valence-corrected chi connectivity index (χ1v) is 7.02. The zero-order chi connectivity index (χ0) is 14.8. The van der Waals surface area contributed by atoms with Gasteiger partial charge < -0.3 is 10.1 Å². The SMILES string of the molecule is Cc1ccc(N(C)C(=O)Oc2ccc3c(c2)NCC3)cc1. The summed E-state index contributed by atoms with van der Waals surface area (Å²) in [7, 11) is 1.71. The number of nitrogens with zero attached hydrogens (tertiary/aromatic N) is 1. The number of anilines is 2. The lowest BCUT2D eigenvalue weighted by molar-refractivity contribution is 0.209. The number of rotatable bonds is 2. The number of nitrogens with one attached hydrogen (secondary N) is 1. The monoisotopic (exact) mass is 282 g/mol. The van der Waals surface area contributed by atoms with E-state index in [9.17, 15) is 4.79 Å². The number of carbonyl (C=O) groups excluding carboxylic acids is 1. The molecule has 2 aromatic carbocycles. The van der Waals surface area contributed by atoms with E-state index in [0.717, 1.165) is 29.9 Å². The van der Waals surface area contributed by atoms with E-state index < -0.39 is 6.09 Å². The fourth-order valence-corrected chi connectivity index (χ4v) is 2.38. The first kappa shape index (κ1) is 13.5. The van der Waals surface area contributed by atoms with E-state index in [1.165, 1.54) is 10.5 Å². The Balaban J connectivity index is 1.72. The lowest BCUT2D eigenvalue weighted by Gasteiger charge is -2.17. The topological polar surface area (TPSA) is 41.6 Å². The highest BCUT2D eigenvalue weighted by molar-refractivity contribution is 5.88. The number of carbonyl (C=O) groups is 1. The minimum Gasteiger partial charge on any atom is -0.410 e. The Kier molecular flexibility index (Phi) is 3.52. The number of benzene rings is 2. The average Bonchev–Trinajstić information content (AvgIpc) is 2.95. The van der Waals surface area contributed by atoms with Gasteiger partial charge in [0.15, 0.2) is 0 Å². The van der Waals surface area contributed by atoms with Gasteiger partial charge in [-0.15, -0.1) is 0 Å². The molecule has 3 rings (SSSR count). The molecule has 0 fully saturated rings. The summed E-state index contributed by atoms with van der Waals surface area (Å²) >= 11 is 0. The number of amides is 1. The summed E-state index contributed by atoms with van der Waals surface area (Å²) < 4.78 is 5.43. The third-order valence-electron chi connectivity index (χ3n) is 3.69. The van der Waals surface area contributed by atoms with E-state index in [4.69, 9.17) is 4.74 Å². The quantitative estimate of drug-likeness (QED) is 0.915. The Labute approximate surface area is 124 Å². The molecule has 2 aromatic rings. The summed E-state index contributed by atoms with van der Waals surface area (Å²) in [5, 5.41) is 3.28. The third-order valence-corrected chi connectivity index (χ3v) is 3.69. The van der Waals surface area contributed by atoms with Crippen molar-refractivity contribution in [2.24, 2.45) is 0 Å². The normalized spacial score (nSPS) is 12.5. The maximum Gasteiger partial charge on any atom is 0.419 e. The average molecular weight is 282 g/mol. The summed E-state index contributed by atoms with van der Waals surface area (Å²) in [6.07, 6.45) is 0.629. The summed E-state index contributed by atoms with van der Waals surface area (Å²) in [6.45, 7) is 2.95. The van der Waals surface area contributed by atoms with Crippen LogP contribution in [0.25, 0.3) is 0 Å². The molecule has 0 unspecified atom stereocenters. The van der Waals surface area contributed by atoms with Gasteiger partial charge >= 0.3 is 6.09 Å². The number of aryl methyl sites for hydroxylation is 1. The van der Waals surface area contributed by atoms with Crippen molar-refractivity contribution in [3.05, 3.63) is 53.6 Å². The molecule has 1 N–H and O–H groups in total. The summed E-state index contributed by atoms with van der Waals surface area (Å²) in [5.41, 5.74) is 4.29. The van der Waals surface area contributed by atoms with Crippen LogP contribution in [0.5, 0.6) is 5.75 Å². The molecular weight excluding hydrogens is 264 g/mol. The fourth-order valence-electron chi connectivity index (χ4n) is 2.38. The van der Waals surface area contributed by atoms with Crippen LogP contribution in [0.2, 0.25) is 0 Å². The number of fused-ring (bicyclic) bond motifs is 1. The van der Waals surface area contributed by atoms with Crippen LogP contribution in [0, 0.1) is 6.92 Å². The van der Waals surface area contributed by atoms with Crippen molar-refractivity contribution in [2.45, 2.75) is 13.3 Å². The van der Waals surface area contributed by atoms with E-state index in [1.54, 1.807) is 7.05 Å². The molecule has 1 aliphatic rings. The molecule has 4 nitrogen and oxygen atoms in total. The van der Waals surface area contributed by atoms with Crippen molar-refractivity contribution < 1.29 is 9.53 Å². The number of hydrogen-bond donors (Lipinski definition) is 1. The minimum atomic E-state index is -0.392. The van der Waals surface area contributed by atoms with Crippen molar-refractivity contribution in [3.63, 3.8) is 0 Å². The molecule has 108 valence electrons. The second-order valence-corrected chi connectivity index (χ2v) is 5.26. The van der Waals surface area contributed by atoms with Gasteiger partial charge in [0, 0.05) is 31.0 Å². The first-order chi connectivity index (χ1) is 10.1. The zero-order valence-corrected chi connectivity index (χ0v) is 12.2. The van der Waals surface area contributed by atoms with Gasteiger partial charge in [-0.2, -0.15) is 0 Å². The highest BCUT2D eigenvalue weighted by atomic mass is 16.6. The van der Waals surface area contributed by atoms with E-state index in [1.807, 2.05) is 49.4 Å².